The topological polar surface area (TPSA) is 98.3 Å². The minimum atomic E-state index is 0.0660. The number of nitrogen functional groups attached to an aromatic ring is 1. The summed E-state index contributed by atoms with van der Waals surface area (Å²) in [5, 5.41) is 3.28. The first-order chi connectivity index (χ1) is 10.5. The standard InChI is InChI=1S/C14H17ClN6O/c1-7-9(5-18-8(2)11(7)22-4)6-19-13-10(17-3)12(15)20-14(16)21-13/h5H,3,6H2,1-2,4H3,(H3,16,19,20,21). The second-order valence-electron chi connectivity index (χ2n) is 4.61. The molecule has 0 aliphatic carbocycles. The van der Waals surface area contributed by atoms with E-state index < -0.39 is 0 Å². The first-order valence-corrected chi connectivity index (χ1v) is 6.88. The van der Waals surface area contributed by atoms with E-state index in [0.717, 1.165) is 22.6 Å². The van der Waals surface area contributed by atoms with Crippen LogP contribution < -0.4 is 15.8 Å². The Morgan fingerprint density at radius 1 is 1.41 bits per heavy atom. The lowest BCUT2D eigenvalue weighted by Gasteiger charge is -2.14. The molecule has 0 bridgehead atoms. The number of hydrogen-bond acceptors (Lipinski definition) is 7. The third-order valence-corrected chi connectivity index (χ3v) is 3.50. The van der Waals surface area contributed by atoms with Crippen LogP contribution in [0.3, 0.4) is 0 Å². The van der Waals surface area contributed by atoms with E-state index in [1.54, 1.807) is 13.3 Å². The van der Waals surface area contributed by atoms with Crippen molar-refractivity contribution in [3.05, 3.63) is 28.2 Å². The number of aryl methyl sites for hydroxylation is 1. The molecule has 2 aromatic heterocycles. The number of aliphatic imine (C=N–C) groups is 1. The van der Waals surface area contributed by atoms with Crippen LogP contribution in [0.15, 0.2) is 11.2 Å². The van der Waals surface area contributed by atoms with Crippen molar-refractivity contribution in [2.24, 2.45) is 4.99 Å². The van der Waals surface area contributed by atoms with Crippen LogP contribution >= 0.6 is 11.6 Å². The van der Waals surface area contributed by atoms with Crippen LogP contribution in [0.25, 0.3) is 0 Å². The van der Waals surface area contributed by atoms with Gasteiger partial charge in [-0.15, -0.1) is 0 Å². The quantitative estimate of drug-likeness (QED) is 0.649. The number of ether oxygens (including phenoxy) is 1. The zero-order chi connectivity index (χ0) is 16.3. The Hall–Kier alpha value is -2.41. The summed E-state index contributed by atoms with van der Waals surface area (Å²) in [7, 11) is 1.62. The molecule has 2 rings (SSSR count). The minimum absolute atomic E-state index is 0.0660. The van der Waals surface area contributed by atoms with Crippen molar-refractivity contribution in [3.63, 3.8) is 0 Å². The van der Waals surface area contributed by atoms with Crippen LogP contribution in [0.1, 0.15) is 16.8 Å². The van der Waals surface area contributed by atoms with Gasteiger partial charge in [-0.3, -0.25) is 9.98 Å². The largest absolute Gasteiger partial charge is 0.495 e. The molecule has 0 amide bonds. The fourth-order valence-electron chi connectivity index (χ4n) is 2.11. The molecule has 2 aromatic rings. The Morgan fingerprint density at radius 3 is 2.77 bits per heavy atom. The number of rotatable bonds is 5. The molecule has 8 heteroatoms. The van der Waals surface area contributed by atoms with Gasteiger partial charge in [0.1, 0.15) is 11.4 Å². The van der Waals surface area contributed by atoms with E-state index in [1.165, 1.54) is 0 Å². The Balaban J connectivity index is 2.30. The molecule has 0 aliphatic heterocycles. The van der Waals surface area contributed by atoms with Crippen molar-refractivity contribution in [2.75, 3.05) is 18.2 Å². The number of anilines is 2. The van der Waals surface area contributed by atoms with E-state index in [4.69, 9.17) is 22.1 Å². The number of nitrogens with zero attached hydrogens (tertiary/aromatic N) is 4. The highest BCUT2D eigenvalue weighted by Crippen LogP contribution is 2.31. The van der Waals surface area contributed by atoms with Crippen molar-refractivity contribution in [3.8, 4) is 5.75 Å². The lowest BCUT2D eigenvalue weighted by molar-refractivity contribution is 0.405. The Labute approximate surface area is 133 Å². The highest BCUT2D eigenvalue weighted by molar-refractivity contribution is 6.32. The smallest absolute Gasteiger partial charge is 0.223 e. The fourth-order valence-corrected chi connectivity index (χ4v) is 2.35. The van der Waals surface area contributed by atoms with Crippen LogP contribution in [-0.2, 0) is 6.54 Å². The molecule has 0 spiro atoms. The van der Waals surface area contributed by atoms with Gasteiger partial charge in [-0.25, -0.2) is 0 Å². The van der Waals surface area contributed by atoms with Crippen LogP contribution in [0.2, 0.25) is 5.15 Å². The predicted molar refractivity (Wildman–Crippen MR) is 88.3 cm³/mol. The Bertz CT molecular complexity index is 719. The summed E-state index contributed by atoms with van der Waals surface area (Å²) in [6.07, 6.45) is 1.79. The SMILES string of the molecule is C=Nc1c(Cl)nc(N)nc1NCc1cnc(C)c(OC)c1C. The van der Waals surface area contributed by atoms with Gasteiger partial charge in [-0.05, 0) is 31.7 Å². The molecule has 7 nitrogen and oxygen atoms in total. The maximum Gasteiger partial charge on any atom is 0.223 e. The molecular weight excluding hydrogens is 304 g/mol. The van der Waals surface area contributed by atoms with Crippen molar-refractivity contribution >= 4 is 35.8 Å². The number of nitrogens with one attached hydrogen (secondary N) is 1. The summed E-state index contributed by atoms with van der Waals surface area (Å²) in [5.41, 5.74) is 8.77. The maximum atomic E-state index is 5.98. The van der Waals surface area contributed by atoms with E-state index in [-0.39, 0.29) is 11.1 Å². The van der Waals surface area contributed by atoms with E-state index in [9.17, 15) is 0 Å². The average molecular weight is 321 g/mol. The van der Waals surface area contributed by atoms with Gasteiger partial charge in [0, 0.05) is 12.7 Å². The molecule has 3 N–H and O–H groups in total. The third-order valence-electron chi connectivity index (χ3n) is 3.23. The first-order valence-electron chi connectivity index (χ1n) is 6.50. The molecule has 0 fully saturated rings. The molecule has 0 saturated heterocycles. The van der Waals surface area contributed by atoms with Crippen molar-refractivity contribution in [1.82, 2.24) is 15.0 Å². The molecule has 0 saturated carbocycles. The molecule has 0 atom stereocenters. The lowest BCUT2D eigenvalue weighted by atomic mass is 10.1. The van der Waals surface area contributed by atoms with E-state index in [1.807, 2.05) is 13.8 Å². The summed E-state index contributed by atoms with van der Waals surface area (Å²) in [6, 6.07) is 0. The van der Waals surface area contributed by atoms with Crippen LogP contribution in [0, 0.1) is 13.8 Å². The van der Waals surface area contributed by atoms with Gasteiger partial charge in [0.05, 0.1) is 12.8 Å². The van der Waals surface area contributed by atoms with Crippen molar-refractivity contribution in [1.29, 1.82) is 0 Å². The van der Waals surface area contributed by atoms with Gasteiger partial charge in [0.2, 0.25) is 5.95 Å². The number of nitrogens with two attached hydrogens (primary N) is 1. The predicted octanol–water partition coefficient (Wildman–Crippen LogP) is 2.68. The number of hydrogen-bond donors (Lipinski definition) is 2. The number of methoxy groups -OCH3 is 1. The van der Waals surface area contributed by atoms with Crippen LogP contribution in [0.4, 0.5) is 17.5 Å². The normalized spacial score (nSPS) is 10.4. The van der Waals surface area contributed by atoms with Crippen LogP contribution in [0.5, 0.6) is 5.75 Å². The van der Waals surface area contributed by atoms with E-state index in [2.05, 4.69) is 32.0 Å². The van der Waals surface area contributed by atoms with Crippen molar-refractivity contribution < 1.29 is 4.74 Å². The molecule has 0 unspecified atom stereocenters. The third kappa shape index (κ3) is 3.09. The summed E-state index contributed by atoms with van der Waals surface area (Å²) in [4.78, 5) is 16.1. The number of halogens is 1. The number of aromatic nitrogens is 3. The molecule has 22 heavy (non-hydrogen) atoms. The Morgan fingerprint density at radius 2 is 2.14 bits per heavy atom. The molecular formula is C14H17ClN6O. The first kappa shape index (κ1) is 16.0. The van der Waals surface area contributed by atoms with Gasteiger partial charge < -0.3 is 15.8 Å². The van der Waals surface area contributed by atoms with Gasteiger partial charge in [0.15, 0.2) is 11.0 Å². The molecule has 0 aliphatic rings. The average Bonchev–Trinajstić information content (AvgIpc) is 2.46. The second kappa shape index (κ2) is 6.57. The zero-order valence-electron chi connectivity index (χ0n) is 12.6. The van der Waals surface area contributed by atoms with E-state index in [0.29, 0.717) is 18.1 Å². The summed E-state index contributed by atoms with van der Waals surface area (Å²) < 4.78 is 5.37. The fraction of sp³-hybridized carbons (Fsp3) is 0.286. The highest BCUT2D eigenvalue weighted by Gasteiger charge is 2.13. The Kier molecular flexibility index (Phi) is 4.77. The summed E-state index contributed by atoms with van der Waals surface area (Å²) in [6.45, 7) is 7.80. The second-order valence-corrected chi connectivity index (χ2v) is 4.97. The van der Waals surface area contributed by atoms with Crippen molar-refractivity contribution in [2.45, 2.75) is 20.4 Å². The van der Waals surface area contributed by atoms with Gasteiger partial charge in [-0.2, -0.15) is 9.97 Å². The number of pyridine rings is 1. The highest BCUT2D eigenvalue weighted by atomic mass is 35.5. The zero-order valence-corrected chi connectivity index (χ0v) is 13.4. The molecule has 0 aromatic carbocycles. The molecule has 116 valence electrons. The molecule has 0 radical (unpaired) electrons. The van der Waals surface area contributed by atoms with Crippen LogP contribution in [-0.4, -0.2) is 28.8 Å². The minimum Gasteiger partial charge on any atom is -0.495 e. The molecule has 2 heterocycles. The monoisotopic (exact) mass is 320 g/mol. The lowest BCUT2D eigenvalue weighted by Crippen LogP contribution is -2.08. The maximum absolute atomic E-state index is 5.98. The summed E-state index contributed by atoms with van der Waals surface area (Å²) >= 11 is 5.98. The van der Waals surface area contributed by atoms with Gasteiger partial charge in [-0.1, -0.05) is 11.6 Å². The van der Waals surface area contributed by atoms with Gasteiger partial charge >= 0.3 is 0 Å². The van der Waals surface area contributed by atoms with Gasteiger partial charge in [0.25, 0.3) is 0 Å². The summed E-state index contributed by atoms with van der Waals surface area (Å²) in [5.74, 6) is 1.25. The van der Waals surface area contributed by atoms with E-state index >= 15 is 0 Å².